The molecule has 2 aliphatic carbocycles. The maximum atomic E-state index is 12.9. The summed E-state index contributed by atoms with van der Waals surface area (Å²) in [7, 11) is 0. The van der Waals surface area contributed by atoms with Gasteiger partial charge in [-0.05, 0) is 63.5 Å². The molecule has 29 heavy (non-hydrogen) atoms. The van der Waals surface area contributed by atoms with Crippen LogP contribution in [-0.4, -0.2) is 31.4 Å². The SMILES string of the molecule is CCOc1cc(C(=O)N/N=C2/C[C@@H]3CC[C@@]2(C)C3(C)C)cc(OCC)c1OCC. The lowest BCUT2D eigenvalue weighted by Gasteiger charge is -2.34. The molecule has 0 aromatic heterocycles. The molecule has 2 atom stereocenters. The number of amides is 1. The van der Waals surface area contributed by atoms with Gasteiger partial charge in [-0.3, -0.25) is 4.79 Å². The third-order valence-corrected chi connectivity index (χ3v) is 6.98. The average molecular weight is 403 g/mol. The zero-order chi connectivity index (χ0) is 21.2. The zero-order valence-corrected chi connectivity index (χ0v) is 18.6. The van der Waals surface area contributed by atoms with Gasteiger partial charge in [0.05, 0.1) is 19.8 Å². The third kappa shape index (κ3) is 3.69. The summed E-state index contributed by atoms with van der Waals surface area (Å²) in [5.74, 6) is 1.91. The lowest BCUT2D eigenvalue weighted by atomic mass is 9.70. The van der Waals surface area contributed by atoms with E-state index < -0.39 is 0 Å². The van der Waals surface area contributed by atoms with Crippen molar-refractivity contribution in [2.24, 2.45) is 21.8 Å². The van der Waals surface area contributed by atoms with Crippen molar-refractivity contribution >= 4 is 11.6 Å². The Morgan fingerprint density at radius 1 is 1.07 bits per heavy atom. The second-order valence-corrected chi connectivity index (χ2v) is 8.59. The number of carbonyl (C=O) groups is 1. The van der Waals surface area contributed by atoms with Gasteiger partial charge in [0.25, 0.3) is 5.91 Å². The molecule has 2 saturated carbocycles. The van der Waals surface area contributed by atoms with Gasteiger partial charge in [0, 0.05) is 16.7 Å². The van der Waals surface area contributed by atoms with Crippen molar-refractivity contribution in [2.75, 3.05) is 19.8 Å². The maximum absolute atomic E-state index is 12.9. The Labute approximate surface area is 174 Å². The quantitative estimate of drug-likeness (QED) is 0.633. The summed E-state index contributed by atoms with van der Waals surface area (Å²) in [5.41, 5.74) is 4.60. The Bertz CT molecular complexity index is 775. The molecule has 0 aliphatic heterocycles. The van der Waals surface area contributed by atoms with Crippen LogP contribution in [0.4, 0.5) is 0 Å². The van der Waals surface area contributed by atoms with Crippen LogP contribution in [0.25, 0.3) is 0 Å². The van der Waals surface area contributed by atoms with Gasteiger partial charge in [-0.25, -0.2) is 5.43 Å². The monoisotopic (exact) mass is 402 g/mol. The van der Waals surface area contributed by atoms with Crippen LogP contribution >= 0.6 is 0 Å². The molecule has 6 heteroatoms. The normalized spacial score (nSPS) is 25.9. The molecule has 1 amide bonds. The van der Waals surface area contributed by atoms with Gasteiger partial charge in [-0.15, -0.1) is 0 Å². The lowest BCUT2D eigenvalue weighted by molar-refractivity contribution is 0.0952. The largest absolute Gasteiger partial charge is 0.490 e. The van der Waals surface area contributed by atoms with E-state index >= 15 is 0 Å². The van der Waals surface area contributed by atoms with Crippen molar-refractivity contribution in [3.05, 3.63) is 17.7 Å². The number of nitrogens with one attached hydrogen (secondary N) is 1. The number of ether oxygens (including phenoxy) is 3. The molecular formula is C23H34N2O4. The van der Waals surface area contributed by atoms with Gasteiger partial charge in [0.1, 0.15) is 0 Å². The van der Waals surface area contributed by atoms with E-state index in [2.05, 4.69) is 31.3 Å². The van der Waals surface area contributed by atoms with Gasteiger partial charge in [-0.2, -0.15) is 5.10 Å². The molecule has 0 spiro atoms. The van der Waals surface area contributed by atoms with Crippen molar-refractivity contribution in [3.63, 3.8) is 0 Å². The summed E-state index contributed by atoms with van der Waals surface area (Å²) < 4.78 is 17.1. The molecule has 0 unspecified atom stereocenters. The molecule has 0 saturated heterocycles. The number of hydrogen-bond donors (Lipinski definition) is 1. The summed E-state index contributed by atoms with van der Waals surface area (Å²) in [6, 6.07) is 3.39. The van der Waals surface area contributed by atoms with Crippen molar-refractivity contribution in [2.45, 2.75) is 60.8 Å². The maximum Gasteiger partial charge on any atom is 0.271 e. The number of fused-ring (bicyclic) bond motifs is 2. The van der Waals surface area contributed by atoms with E-state index in [0.29, 0.717) is 48.6 Å². The number of carbonyl (C=O) groups excluding carboxylic acids is 1. The summed E-state index contributed by atoms with van der Waals surface area (Å²) in [6.07, 6.45) is 3.33. The van der Waals surface area contributed by atoms with E-state index in [-0.39, 0.29) is 16.7 Å². The van der Waals surface area contributed by atoms with Crippen LogP contribution in [-0.2, 0) is 0 Å². The smallest absolute Gasteiger partial charge is 0.271 e. The molecule has 3 rings (SSSR count). The van der Waals surface area contributed by atoms with E-state index in [1.54, 1.807) is 12.1 Å². The zero-order valence-electron chi connectivity index (χ0n) is 18.6. The fraction of sp³-hybridized carbons (Fsp3) is 0.652. The standard InChI is InChI=1S/C23H34N2O4/c1-7-27-17-12-15(13-18(28-8-2)20(17)29-9-3)21(26)25-24-19-14-16-10-11-23(19,6)22(16,4)5/h12-13,16H,7-11,14H2,1-6H3,(H,25,26)/b24-19-/t16-,23+/m0/s1. The minimum absolute atomic E-state index is 0.0523. The summed E-state index contributed by atoms with van der Waals surface area (Å²) >= 11 is 0. The minimum Gasteiger partial charge on any atom is -0.490 e. The first-order valence-electron chi connectivity index (χ1n) is 10.7. The summed E-state index contributed by atoms with van der Waals surface area (Å²) in [6.45, 7) is 14.0. The second kappa shape index (κ2) is 8.25. The van der Waals surface area contributed by atoms with Gasteiger partial charge in [0.2, 0.25) is 5.75 Å². The molecule has 160 valence electrons. The Morgan fingerprint density at radius 3 is 2.10 bits per heavy atom. The van der Waals surface area contributed by atoms with E-state index in [1.165, 1.54) is 6.42 Å². The number of nitrogens with zero attached hydrogens (tertiary/aromatic N) is 1. The van der Waals surface area contributed by atoms with Crippen LogP contribution in [0.3, 0.4) is 0 Å². The van der Waals surface area contributed by atoms with E-state index in [1.807, 2.05) is 20.8 Å². The number of benzene rings is 1. The Morgan fingerprint density at radius 2 is 1.66 bits per heavy atom. The van der Waals surface area contributed by atoms with E-state index in [9.17, 15) is 4.79 Å². The van der Waals surface area contributed by atoms with Crippen molar-refractivity contribution in [1.29, 1.82) is 0 Å². The number of hydrogen-bond acceptors (Lipinski definition) is 5. The van der Waals surface area contributed by atoms with Crippen LogP contribution in [0.2, 0.25) is 0 Å². The number of hydrazone groups is 1. The molecule has 6 nitrogen and oxygen atoms in total. The van der Waals surface area contributed by atoms with Gasteiger partial charge in [-0.1, -0.05) is 20.8 Å². The highest BCUT2D eigenvalue weighted by Gasteiger charge is 2.60. The van der Waals surface area contributed by atoms with Crippen molar-refractivity contribution in [3.8, 4) is 17.2 Å². The third-order valence-electron chi connectivity index (χ3n) is 6.98. The first kappa shape index (κ1) is 21.5. The molecule has 2 aliphatic rings. The molecular weight excluding hydrogens is 368 g/mol. The molecule has 2 bridgehead atoms. The lowest BCUT2D eigenvalue weighted by Crippen LogP contribution is -2.34. The fourth-order valence-electron chi connectivity index (χ4n) is 4.80. The van der Waals surface area contributed by atoms with Crippen LogP contribution < -0.4 is 19.6 Å². The Kier molecular flexibility index (Phi) is 6.11. The topological polar surface area (TPSA) is 69.2 Å². The predicted octanol–water partition coefficient (Wildman–Crippen LogP) is 4.81. The number of rotatable bonds is 8. The second-order valence-electron chi connectivity index (χ2n) is 8.59. The average Bonchev–Trinajstić information content (AvgIpc) is 3.02. The highest BCUT2D eigenvalue weighted by Crippen LogP contribution is 2.63. The highest BCUT2D eigenvalue weighted by atomic mass is 16.5. The molecule has 1 aromatic carbocycles. The van der Waals surface area contributed by atoms with Crippen LogP contribution in [0.15, 0.2) is 17.2 Å². The molecule has 0 heterocycles. The molecule has 1 aromatic rings. The van der Waals surface area contributed by atoms with Gasteiger partial charge < -0.3 is 14.2 Å². The highest BCUT2D eigenvalue weighted by molar-refractivity contribution is 5.98. The first-order chi connectivity index (χ1) is 13.8. The summed E-state index contributed by atoms with van der Waals surface area (Å²) in [5, 5.41) is 4.56. The molecule has 2 fully saturated rings. The summed E-state index contributed by atoms with van der Waals surface area (Å²) in [4.78, 5) is 12.9. The van der Waals surface area contributed by atoms with Gasteiger partial charge >= 0.3 is 0 Å². The van der Waals surface area contributed by atoms with Crippen LogP contribution in [0.1, 0.15) is 71.2 Å². The van der Waals surface area contributed by atoms with E-state index in [4.69, 9.17) is 14.2 Å². The fourth-order valence-corrected chi connectivity index (χ4v) is 4.80. The minimum atomic E-state index is -0.272. The van der Waals surface area contributed by atoms with Crippen molar-refractivity contribution in [1.82, 2.24) is 5.43 Å². The Hall–Kier alpha value is -2.24. The molecule has 0 radical (unpaired) electrons. The molecule has 1 N–H and O–H groups in total. The van der Waals surface area contributed by atoms with Gasteiger partial charge in [0.15, 0.2) is 11.5 Å². The Balaban J connectivity index is 1.86. The van der Waals surface area contributed by atoms with Crippen molar-refractivity contribution < 1.29 is 19.0 Å². The predicted molar refractivity (Wildman–Crippen MR) is 114 cm³/mol. The van der Waals surface area contributed by atoms with Crippen LogP contribution in [0, 0.1) is 16.7 Å². The van der Waals surface area contributed by atoms with Crippen LogP contribution in [0.5, 0.6) is 17.2 Å². The first-order valence-corrected chi connectivity index (χ1v) is 10.7. The van der Waals surface area contributed by atoms with E-state index in [0.717, 1.165) is 18.6 Å².